The number of aliphatic hydroxyl groups is 1. The number of aromatic hydroxyl groups is 1. The monoisotopic (exact) mass is 407 g/mol. The number of aliphatic hydroxyl groups excluding tert-OH is 1. The summed E-state index contributed by atoms with van der Waals surface area (Å²) < 4.78 is 27.1. The molecule has 1 aliphatic rings. The maximum absolute atomic E-state index is 13.8. The number of hydrogen-bond acceptors (Lipinski definition) is 4. The molecule has 2 N–H and O–H groups in total. The maximum atomic E-state index is 13.8. The largest absolute Gasteiger partial charge is 0.508 e. The number of carbonyl (C=O) groups is 2. The van der Waals surface area contributed by atoms with E-state index in [1.165, 1.54) is 48.5 Å². The van der Waals surface area contributed by atoms with Crippen molar-refractivity contribution in [3.05, 3.63) is 101 Å². The van der Waals surface area contributed by atoms with E-state index in [4.69, 9.17) is 0 Å². The number of phenols is 1. The van der Waals surface area contributed by atoms with Gasteiger partial charge in [-0.15, -0.1) is 0 Å². The molecule has 4 rings (SSSR count). The molecule has 1 atom stereocenters. The minimum atomic E-state index is -1.12. The van der Waals surface area contributed by atoms with E-state index in [1.807, 2.05) is 0 Å². The molecular formula is C23H15F2NO4. The van der Waals surface area contributed by atoms with E-state index < -0.39 is 35.1 Å². The molecule has 5 nitrogen and oxygen atoms in total. The summed E-state index contributed by atoms with van der Waals surface area (Å²) >= 11 is 0. The third kappa shape index (κ3) is 3.30. The van der Waals surface area contributed by atoms with Crippen LogP contribution in [0.15, 0.2) is 78.4 Å². The van der Waals surface area contributed by atoms with Gasteiger partial charge in [0.1, 0.15) is 23.1 Å². The summed E-state index contributed by atoms with van der Waals surface area (Å²) in [5, 5.41) is 20.8. The summed E-state index contributed by atoms with van der Waals surface area (Å²) in [7, 11) is 0. The van der Waals surface area contributed by atoms with Crippen LogP contribution in [0.25, 0.3) is 5.76 Å². The quantitative estimate of drug-likeness (QED) is 0.386. The SMILES string of the molecule is O=C1C(=O)N(c2cccc(F)c2)C(c2cccc(O)c2)/C1=C(\O)c1ccc(F)cc1. The molecule has 1 heterocycles. The van der Waals surface area contributed by atoms with Crippen molar-refractivity contribution in [2.24, 2.45) is 0 Å². The van der Waals surface area contributed by atoms with Crippen molar-refractivity contribution in [1.82, 2.24) is 0 Å². The first kappa shape index (κ1) is 19.3. The normalized spacial score (nSPS) is 18.1. The first-order chi connectivity index (χ1) is 14.4. The average molecular weight is 407 g/mol. The van der Waals surface area contributed by atoms with Crippen molar-refractivity contribution in [2.75, 3.05) is 4.90 Å². The minimum absolute atomic E-state index is 0.112. The zero-order chi connectivity index (χ0) is 21.4. The van der Waals surface area contributed by atoms with Crippen LogP contribution in [0.4, 0.5) is 14.5 Å². The smallest absolute Gasteiger partial charge is 0.300 e. The molecule has 0 aliphatic carbocycles. The van der Waals surface area contributed by atoms with Crippen LogP contribution in [0.5, 0.6) is 5.75 Å². The third-order valence-corrected chi connectivity index (χ3v) is 4.83. The van der Waals surface area contributed by atoms with Crippen LogP contribution in [-0.4, -0.2) is 21.9 Å². The van der Waals surface area contributed by atoms with Crippen molar-refractivity contribution >= 4 is 23.1 Å². The second-order valence-electron chi connectivity index (χ2n) is 6.75. The fourth-order valence-electron chi connectivity index (χ4n) is 3.50. The number of halogens is 2. The van der Waals surface area contributed by atoms with E-state index in [0.717, 1.165) is 23.1 Å². The number of hydrogen-bond donors (Lipinski definition) is 2. The van der Waals surface area contributed by atoms with Crippen LogP contribution in [-0.2, 0) is 9.59 Å². The molecule has 1 aliphatic heterocycles. The van der Waals surface area contributed by atoms with E-state index in [-0.39, 0.29) is 22.6 Å². The Morgan fingerprint density at radius 1 is 0.867 bits per heavy atom. The van der Waals surface area contributed by atoms with Crippen LogP contribution in [0.1, 0.15) is 17.2 Å². The molecule has 150 valence electrons. The highest BCUT2D eigenvalue weighted by atomic mass is 19.1. The van der Waals surface area contributed by atoms with E-state index in [2.05, 4.69) is 0 Å². The fraction of sp³-hybridized carbons (Fsp3) is 0.0435. The number of rotatable bonds is 3. The second-order valence-corrected chi connectivity index (χ2v) is 6.75. The Labute approximate surface area is 170 Å². The number of ketones is 1. The van der Waals surface area contributed by atoms with Crippen LogP contribution in [0, 0.1) is 11.6 Å². The zero-order valence-electron chi connectivity index (χ0n) is 15.4. The van der Waals surface area contributed by atoms with Crippen molar-refractivity contribution in [3.63, 3.8) is 0 Å². The van der Waals surface area contributed by atoms with Gasteiger partial charge in [0, 0.05) is 11.3 Å². The van der Waals surface area contributed by atoms with Crippen LogP contribution < -0.4 is 4.90 Å². The van der Waals surface area contributed by atoms with E-state index >= 15 is 0 Å². The number of anilines is 1. The number of amides is 1. The van der Waals surface area contributed by atoms with Gasteiger partial charge in [-0.3, -0.25) is 14.5 Å². The van der Waals surface area contributed by atoms with Gasteiger partial charge in [-0.25, -0.2) is 8.78 Å². The van der Waals surface area contributed by atoms with Gasteiger partial charge in [0.05, 0.1) is 11.6 Å². The van der Waals surface area contributed by atoms with Crippen molar-refractivity contribution in [3.8, 4) is 5.75 Å². The Balaban J connectivity index is 1.96. The molecule has 0 radical (unpaired) electrons. The molecule has 7 heteroatoms. The lowest BCUT2D eigenvalue weighted by atomic mass is 9.95. The number of benzene rings is 3. The first-order valence-corrected chi connectivity index (χ1v) is 8.98. The number of Topliss-reactive ketones (excluding diaryl/α,β-unsaturated/α-hetero) is 1. The molecule has 1 fully saturated rings. The standard InChI is InChI=1S/C23H15F2NO4/c24-15-9-7-13(8-10-15)21(28)19-20(14-3-1-6-18(27)11-14)26(23(30)22(19)29)17-5-2-4-16(25)12-17/h1-12,20,27-28H/b21-19+. The van der Waals surface area contributed by atoms with Gasteiger partial charge in [0.25, 0.3) is 11.7 Å². The predicted octanol–water partition coefficient (Wildman–Crippen LogP) is 4.30. The molecule has 3 aromatic rings. The second kappa shape index (κ2) is 7.44. The number of phenolic OH excluding ortho intramolecular Hbond substituents is 1. The highest BCUT2D eigenvalue weighted by molar-refractivity contribution is 6.51. The Kier molecular flexibility index (Phi) is 4.79. The third-order valence-electron chi connectivity index (χ3n) is 4.83. The van der Waals surface area contributed by atoms with Crippen molar-refractivity contribution < 1.29 is 28.6 Å². The maximum Gasteiger partial charge on any atom is 0.300 e. The van der Waals surface area contributed by atoms with Gasteiger partial charge in [-0.05, 0) is 60.2 Å². The predicted molar refractivity (Wildman–Crippen MR) is 106 cm³/mol. The molecule has 3 aromatic carbocycles. The van der Waals surface area contributed by atoms with Crippen LogP contribution in [0.2, 0.25) is 0 Å². The molecule has 30 heavy (non-hydrogen) atoms. The summed E-state index contributed by atoms with van der Waals surface area (Å²) in [5.74, 6) is -3.69. The summed E-state index contributed by atoms with van der Waals surface area (Å²) in [6.45, 7) is 0. The summed E-state index contributed by atoms with van der Waals surface area (Å²) in [5.41, 5.74) is 0.339. The summed E-state index contributed by atoms with van der Waals surface area (Å²) in [4.78, 5) is 26.8. The highest BCUT2D eigenvalue weighted by Gasteiger charge is 2.47. The van der Waals surface area contributed by atoms with Crippen molar-refractivity contribution in [1.29, 1.82) is 0 Å². The van der Waals surface area contributed by atoms with Gasteiger partial charge in [-0.2, -0.15) is 0 Å². The lowest BCUT2D eigenvalue weighted by Crippen LogP contribution is -2.29. The first-order valence-electron chi connectivity index (χ1n) is 8.98. The molecule has 1 saturated heterocycles. The minimum Gasteiger partial charge on any atom is -0.508 e. The molecule has 0 spiro atoms. The number of nitrogens with zero attached hydrogens (tertiary/aromatic N) is 1. The van der Waals surface area contributed by atoms with Crippen molar-refractivity contribution in [2.45, 2.75) is 6.04 Å². The molecule has 0 aromatic heterocycles. The van der Waals surface area contributed by atoms with E-state index in [9.17, 15) is 28.6 Å². The lowest BCUT2D eigenvalue weighted by Gasteiger charge is -2.25. The highest BCUT2D eigenvalue weighted by Crippen LogP contribution is 2.42. The van der Waals surface area contributed by atoms with Gasteiger partial charge < -0.3 is 10.2 Å². The topological polar surface area (TPSA) is 77.8 Å². The Bertz CT molecular complexity index is 1190. The molecule has 1 amide bonds. The van der Waals surface area contributed by atoms with E-state index in [0.29, 0.717) is 5.56 Å². The van der Waals surface area contributed by atoms with Crippen LogP contribution >= 0.6 is 0 Å². The Morgan fingerprint density at radius 3 is 2.23 bits per heavy atom. The van der Waals surface area contributed by atoms with Gasteiger partial charge in [0.15, 0.2) is 0 Å². The molecular weight excluding hydrogens is 392 g/mol. The van der Waals surface area contributed by atoms with E-state index in [1.54, 1.807) is 6.07 Å². The zero-order valence-corrected chi connectivity index (χ0v) is 15.4. The fourth-order valence-corrected chi connectivity index (χ4v) is 3.50. The molecule has 0 bridgehead atoms. The number of carbonyl (C=O) groups excluding carboxylic acids is 2. The molecule has 0 saturated carbocycles. The molecule has 1 unspecified atom stereocenters. The van der Waals surface area contributed by atoms with Gasteiger partial charge in [0.2, 0.25) is 0 Å². The average Bonchev–Trinajstić information content (AvgIpc) is 2.99. The Hall–Kier alpha value is -4.00. The van der Waals surface area contributed by atoms with Crippen LogP contribution in [0.3, 0.4) is 0 Å². The summed E-state index contributed by atoms with van der Waals surface area (Å²) in [6.07, 6.45) is 0. The Morgan fingerprint density at radius 2 is 1.57 bits per heavy atom. The van der Waals surface area contributed by atoms with Gasteiger partial charge >= 0.3 is 0 Å². The summed E-state index contributed by atoms with van der Waals surface area (Å²) in [6, 6.07) is 14.7. The van der Waals surface area contributed by atoms with Gasteiger partial charge in [-0.1, -0.05) is 18.2 Å². The lowest BCUT2D eigenvalue weighted by molar-refractivity contribution is -0.132.